The number of ether oxygens (including phenoxy) is 2. The van der Waals surface area contributed by atoms with Crippen molar-refractivity contribution in [3.63, 3.8) is 0 Å². The van der Waals surface area contributed by atoms with Gasteiger partial charge in [-0.2, -0.15) is 10.2 Å². The molecule has 2 aromatic rings. The Labute approximate surface area is 145 Å². The van der Waals surface area contributed by atoms with Gasteiger partial charge in [0, 0.05) is 22.7 Å². The Morgan fingerprint density at radius 1 is 1.04 bits per heavy atom. The third-order valence-electron chi connectivity index (χ3n) is 3.93. The minimum Gasteiger partial charge on any atom is -0.454 e. The number of rotatable bonds is 2. The largest absolute Gasteiger partial charge is 0.454 e. The fraction of sp³-hybridized carbons (Fsp3) is 0.158. The zero-order chi connectivity index (χ0) is 16.5. The molecule has 2 aromatic carbocycles. The quantitative estimate of drug-likeness (QED) is 0.809. The Hall–Kier alpha value is -2.59. The van der Waals surface area contributed by atoms with E-state index in [1.807, 2.05) is 55.5 Å². The molecule has 0 saturated carbocycles. The van der Waals surface area contributed by atoms with Crippen LogP contribution in [0.4, 0.5) is 0 Å². The molecule has 0 saturated heterocycles. The van der Waals surface area contributed by atoms with E-state index >= 15 is 0 Å². The van der Waals surface area contributed by atoms with E-state index in [9.17, 15) is 0 Å². The summed E-state index contributed by atoms with van der Waals surface area (Å²) in [5.74, 6) is 1.53. The van der Waals surface area contributed by atoms with Gasteiger partial charge in [0.05, 0.1) is 5.71 Å². The van der Waals surface area contributed by atoms with Crippen LogP contribution in [0.1, 0.15) is 23.6 Å². The van der Waals surface area contributed by atoms with E-state index in [4.69, 9.17) is 21.1 Å². The summed E-state index contributed by atoms with van der Waals surface area (Å²) in [6.45, 7) is 2.23. The van der Waals surface area contributed by atoms with Gasteiger partial charge in [0.25, 0.3) is 0 Å². The van der Waals surface area contributed by atoms with Crippen molar-refractivity contribution in [3.05, 3.63) is 64.2 Å². The van der Waals surface area contributed by atoms with E-state index in [1.54, 1.807) is 0 Å². The second-order valence-electron chi connectivity index (χ2n) is 5.75. The van der Waals surface area contributed by atoms with Crippen LogP contribution in [-0.4, -0.2) is 18.2 Å². The maximum atomic E-state index is 6.04. The summed E-state index contributed by atoms with van der Waals surface area (Å²) in [5.41, 5.74) is 4.91. The molecule has 0 aromatic heterocycles. The summed E-state index contributed by atoms with van der Waals surface area (Å²) in [4.78, 5) is 0. The molecule has 0 amide bonds. The van der Waals surface area contributed by atoms with Crippen molar-refractivity contribution in [2.45, 2.75) is 13.3 Å². The van der Waals surface area contributed by atoms with Gasteiger partial charge in [-0.1, -0.05) is 29.8 Å². The lowest BCUT2D eigenvalue weighted by molar-refractivity contribution is 0.174. The maximum absolute atomic E-state index is 6.04. The van der Waals surface area contributed by atoms with Crippen LogP contribution in [0.2, 0.25) is 5.02 Å². The number of allylic oxidation sites excluding steroid dienone is 1. The number of halogens is 1. The first kappa shape index (κ1) is 15.0. The molecule has 2 heterocycles. The van der Waals surface area contributed by atoms with E-state index in [0.717, 1.165) is 46.0 Å². The van der Waals surface area contributed by atoms with Crippen molar-refractivity contribution in [3.8, 4) is 11.5 Å². The number of hydrogen-bond acceptors (Lipinski definition) is 4. The standard InChI is InChI=1S/C19H15ClN2O2/c1-12-7-14-9-18-19(24-11-23-18)10-16(14)17(22-21-12)6-5-13-3-2-4-15(20)8-13/h2-6,8-10H,7,11H2,1H3. The van der Waals surface area contributed by atoms with Gasteiger partial charge in [0.15, 0.2) is 11.5 Å². The molecule has 0 N–H and O–H groups in total. The zero-order valence-corrected chi connectivity index (χ0v) is 13.9. The van der Waals surface area contributed by atoms with Crippen molar-refractivity contribution < 1.29 is 9.47 Å². The van der Waals surface area contributed by atoms with Gasteiger partial charge >= 0.3 is 0 Å². The Kier molecular flexibility index (Phi) is 3.82. The van der Waals surface area contributed by atoms with Gasteiger partial charge in [-0.3, -0.25) is 0 Å². The molecule has 0 bridgehead atoms. The van der Waals surface area contributed by atoms with Crippen LogP contribution in [0, 0.1) is 0 Å². The highest BCUT2D eigenvalue weighted by Gasteiger charge is 2.20. The molecule has 2 aliphatic heterocycles. The maximum Gasteiger partial charge on any atom is 0.231 e. The number of benzene rings is 2. The number of hydrogen-bond donors (Lipinski definition) is 0. The summed E-state index contributed by atoms with van der Waals surface area (Å²) in [6, 6.07) is 11.7. The highest BCUT2D eigenvalue weighted by molar-refractivity contribution is 6.30. The van der Waals surface area contributed by atoms with Crippen molar-refractivity contribution >= 4 is 29.1 Å². The monoisotopic (exact) mass is 338 g/mol. The second kappa shape index (κ2) is 6.13. The molecule has 4 rings (SSSR count). The summed E-state index contributed by atoms with van der Waals surface area (Å²) >= 11 is 6.04. The molecule has 0 aliphatic carbocycles. The molecular weight excluding hydrogens is 324 g/mol. The third kappa shape index (κ3) is 2.93. The highest BCUT2D eigenvalue weighted by Crippen LogP contribution is 2.36. The van der Waals surface area contributed by atoms with Crippen molar-refractivity contribution in [1.29, 1.82) is 0 Å². The summed E-state index contributed by atoms with van der Waals surface area (Å²) < 4.78 is 11.0. The van der Waals surface area contributed by atoms with E-state index in [-0.39, 0.29) is 6.79 Å². The lowest BCUT2D eigenvalue weighted by Crippen LogP contribution is -2.03. The van der Waals surface area contributed by atoms with Crippen molar-refractivity contribution in [2.24, 2.45) is 10.2 Å². The number of fused-ring (bicyclic) bond motifs is 2. The first-order valence-corrected chi connectivity index (χ1v) is 8.04. The lowest BCUT2D eigenvalue weighted by Gasteiger charge is -2.08. The molecule has 24 heavy (non-hydrogen) atoms. The molecule has 0 unspecified atom stereocenters. The van der Waals surface area contributed by atoms with Gasteiger partial charge in [-0.25, -0.2) is 0 Å². The normalized spacial score (nSPS) is 15.8. The molecule has 2 aliphatic rings. The minimum atomic E-state index is 0.260. The molecule has 0 fully saturated rings. The first-order valence-electron chi connectivity index (χ1n) is 7.67. The first-order chi connectivity index (χ1) is 11.7. The molecule has 4 nitrogen and oxygen atoms in total. The molecule has 0 spiro atoms. The fourth-order valence-corrected chi connectivity index (χ4v) is 2.98. The van der Waals surface area contributed by atoms with E-state index in [2.05, 4.69) is 10.2 Å². The fourth-order valence-electron chi connectivity index (χ4n) is 2.78. The van der Waals surface area contributed by atoms with Gasteiger partial charge in [-0.05, 0) is 48.4 Å². The minimum absolute atomic E-state index is 0.260. The lowest BCUT2D eigenvalue weighted by atomic mass is 9.97. The van der Waals surface area contributed by atoms with Crippen LogP contribution in [-0.2, 0) is 6.42 Å². The van der Waals surface area contributed by atoms with Crippen molar-refractivity contribution in [2.75, 3.05) is 6.79 Å². The summed E-state index contributed by atoms with van der Waals surface area (Å²) in [5, 5.41) is 9.40. The van der Waals surface area contributed by atoms with Crippen molar-refractivity contribution in [1.82, 2.24) is 0 Å². The Morgan fingerprint density at radius 3 is 2.71 bits per heavy atom. The van der Waals surface area contributed by atoms with Gasteiger partial charge in [0.1, 0.15) is 0 Å². The smallest absolute Gasteiger partial charge is 0.231 e. The van der Waals surface area contributed by atoms with Gasteiger partial charge in [0.2, 0.25) is 6.79 Å². The zero-order valence-electron chi connectivity index (χ0n) is 13.1. The summed E-state index contributed by atoms with van der Waals surface area (Å²) in [6.07, 6.45) is 4.67. The Balaban J connectivity index is 1.75. The van der Waals surface area contributed by atoms with E-state index in [1.165, 1.54) is 0 Å². The van der Waals surface area contributed by atoms with Crippen LogP contribution in [0.25, 0.3) is 6.08 Å². The van der Waals surface area contributed by atoms with E-state index < -0.39 is 0 Å². The number of nitrogens with zero attached hydrogens (tertiary/aromatic N) is 2. The molecular formula is C19H15ClN2O2. The third-order valence-corrected chi connectivity index (χ3v) is 4.17. The Morgan fingerprint density at radius 2 is 1.88 bits per heavy atom. The van der Waals surface area contributed by atoms with Crippen LogP contribution in [0.5, 0.6) is 11.5 Å². The second-order valence-corrected chi connectivity index (χ2v) is 6.18. The average molecular weight is 339 g/mol. The van der Waals surface area contributed by atoms with Crippen LogP contribution in [0.3, 0.4) is 0 Å². The summed E-state index contributed by atoms with van der Waals surface area (Å²) in [7, 11) is 0. The predicted molar refractivity (Wildman–Crippen MR) is 96.4 cm³/mol. The molecule has 0 atom stereocenters. The molecule has 0 radical (unpaired) electrons. The highest BCUT2D eigenvalue weighted by atomic mass is 35.5. The SMILES string of the molecule is CC1=NN=C(C=Cc2cccc(Cl)c2)c2cc3c(cc2C1)OCO3. The van der Waals surface area contributed by atoms with Crippen LogP contribution < -0.4 is 9.47 Å². The predicted octanol–water partition coefficient (Wildman–Crippen LogP) is 4.50. The molecule has 5 heteroatoms. The average Bonchev–Trinajstić information content (AvgIpc) is 2.95. The van der Waals surface area contributed by atoms with Crippen LogP contribution in [0.15, 0.2) is 52.7 Å². The molecule has 120 valence electrons. The topological polar surface area (TPSA) is 43.2 Å². The van der Waals surface area contributed by atoms with E-state index in [0.29, 0.717) is 5.02 Å². The Bertz CT molecular complexity index is 900. The van der Waals surface area contributed by atoms with Gasteiger partial charge in [-0.15, -0.1) is 0 Å². The van der Waals surface area contributed by atoms with Crippen LogP contribution >= 0.6 is 11.6 Å². The van der Waals surface area contributed by atoms with Gasteiger partial charge < -0.3 is 9.47 Å².